The highest BCUT2D eigenvalue weighted by Gasteiger charge is 2.27. The average Bonchev–Trinajstić information content (AvgIpc) is 3.73. The van der Waals surface area contributed by atoms with Gasteiger partial charge in [-0.05, 0) is 100 Å². The molecular formula is C62H53N3O. The zero-order chi connectivity index (χ0) is 45.5. The van der Waals surface area contributed by atoms with Crippen LogP contribution in [0.25, 0.3) is 83.9 Å². The maximum atomic E-state index is 12.4. The fourth-order valence-electron chi connectivity index (χ4n) is 9.61. The minimum atomic E-state index is -0.311. The summed E-state index contributed by atoms with van der Waals surface area (Å²) >= 11 is 0. The number of para-hydroxylation sites is 3. The first kappa shape index (κ1) is 42.1. The lowest BCUT2D eigenvalue weighted by atomic mass is 9.85. The zero-order valence-electron chi connectivity index (χ0n) is 38.4. The number of imidazole rings is 1. The van der Waals surface area contributed by atoms with E-state index in [9.17, 15) is 5.11 Å². The zero-order valence-corrected chi connectivity index (χ0v) is 38.4. The molecule has 1 atom stereocenters. The first-order valence-electron chi connectivity index (χ1n) is 22.9. The molecule has 0 spiro atoms. The quantitative estimate of drug-likeness (QED) is 0.157. The number of phenolic OH excluding ortho intramolecular Hbond substituents is 1. The summed E-state index contributed by atoms with van der Waals surface area (Å²) in [6.07, 6.45) is 1.92. The molecule has 0 saturated heterocycles. The van der Waals surface area contributed by atoms with Crippen LogP contribution in [0.1, 0.15) is 61.4 Å². The van der Waals surface area contributed by atoms with Crippen LogP contribution in [0.15, 0.2) is 200 Å². The van der Waals surface area contributed by atoms with Gasteiger partial charge in [0, 0.05) is 34.4 Å². The number of benzene rings is 8. The molecule has 66 heavy (non-hydrogen) atoms. The topological polar surface area (TPSA) is 50.9 Å². The number of phenols is 1. The SMILES string of the molecule is Cc1cc(C)cc(C(C)c2cc(-c3cc(-c4ccccc4)ccn3)cc(-c3cccc4c3nc(-c3cccc(C(C)(C)C)c3O)n4-c3c(-c4ccccc4)cccc3-c3ccccc3)c2)c1. The number of rotatable bonds is 9. The van der Waals surface area contributed by atoms with Crippen LogP contribution in [0.5, 0.6) is 5.75 Å². The minimum absolute atomic E-state index is 0.0928. The Hall–Kier alpha value is -7.82. The molecule has 0 bridgehead atoms. The first-order chi connectivity index (χ1) is 32.0. The monoisotopic (exact) mass is 855 g/mol. The second kappa shape index (κ2) is 17.3. The Morgan fingerprint density at radius 2 is 1.03 bits per heavy atom. The predicted molar refractivity (Wildman–Crippen MR) is 275 cm³/mol. The van der Waals surface area contributed by atoms with E-state index in [4.69, 9.17) is 9.97 Å². The van der Waals surface area contributed by atoms with Gasteiger partial charge in [-0.15, -0.1) is 0 Å². The Kier molecular flexibility index (Phi) is 11.0. The van der Waals surface area contributed by atoms with Crippen molar-refractivity contribution in [2.24, 2.45) is 0 Å². The van der Waals surface area contributed by atoms with Gasteiger partial charge < -0.3 is 5.11 Å². The van der Waals surface area contributed by atoms with Gasteiger partial charge in [0.15, 0.2) is 0 Å². The number of aromatic nitrogens is 3. The van der Waals surface area contributed by atoms with Crippen molar-refractivity contribution < 1.29 is 5.11 Å². The Morgan fingerprint density at radius 1 is 0.485 bits per heavy atom. The van der Waals surface area contributed by atoms with E-state index in [1.54, 1.807) is 0 Å². The summed E-state index contributed by atoms with van der Waals surface area (Å²) < 4.78 is 2.29. The van der Waals surface area contributed by atoms with E-state index in [1.165, 1.54) is 22.3 Å². The van der Waals surface area contributed by atoms with Crippen LogP contribution < -0.4 is 0 Å². The summed E-state index contributed by atoms with van der Waals surface area (Å²) in [5.74, 6) is 0.992. The van der Waals surface area contributed by atoms with E-state index in [-0.39, 0.29) is 17.1 Å². The molecular weight excluding hydrogens is 803 g/mol. The van der Waals surface area contributed by atoms with Crippen LogP contribution in [0.2, 0.25) is 0 Å². The maximum absolute atomic E-state index is 12.4. The average molecular weight is 856 g/mol. The van der Waals surface area contributed by atoms with Crippen molar-refractivity contribution in [3.63, 3.8) is 0 Å². The third kappa shape index (κ3) is 8.01. The molecule has 0 fully saturated rings. The molecule has 322 valence electrons. The van der Waals surface area contributed by atoms with E-state index in [1.807, 2.05) is 24.4 Å². The van der Waals surface area contributed by atoms with E-state index in [2.05, 4.69) is 222 Å². The highest BCUT2D eigenvalue weighted by atomic mass is 16.3. The van der Waals surface area contributed by atoms with Gasteiger partial charge in [-0.3, -0.25) is 9.55 Å². The Balaban J connectivity index is 1.28. The summed E-state index contributed by atoms with van der Waals surface area (Å²) in [6.45, 7) is 13.1. The molecule has 8 aromatic carbocycles. The van der Waals surface area contributed by atoms with E-state index >= 15 is 0 Å². The predicted octanol–water partition coefficient (Wildman–Crippen LogP) is 16.2. The van der Waals surface area contributed by atoms with Crippen LogP contribution in [0.4, 0.5) is 0 Å². The maximum Gasteiger partial charge on any atom is 0.149 e. The molecule has 1 unspecified atom stereocenters. The van der Waals surface area contributed by atoms with E-state index < -0.39 is 0 Å². The smallest absolute Gasteiger partial charge is 0.149 e. The fraction of sp³-hybridized carbons (Fsp3) is 0.129. The van der Waals surface area contributed by atoms with Crippen molar-refractivity contribution in [2.75, 3.05) is 0 Å². The van der Waals surface area contributed by atoms with E-state index in [0.717, 1.165) is 78.0 Å². The Bertz CT molecular complexity index is 3300. The van der Waals surface area contributed by atoms with Crippen LogP contribution in [-0.2, 0) is 5.41 Å². The van der Waals surface area contributed by atoms with Gasteiger partial charge in [0.1, 0.15) is 11.6 Å². The number of nitrogens with zero attached hydrogens (tertiary/aromatic N) is 3. The number of hydrogen-bond acceptors (Lipinski definition) is 3. The molecule has 4 heteroatoms. The first-order valence-corrected chi connectivity index (χ1v) is 22.9. The summed E-state index contributed by atoms with van der Waals surface area (Å²) in [6, 6.07) is 68.8. The third-order valence-corrected chi connectivity index (χ3v) is 12.9. The van der Waals surface area contributed by atoms with Crippen LogP contribution >= 0.6 is 0 Å². The van der Waals surface area contributed by atoms with Gasteiger partial charge >= 0.3 is 0 Å². The summed E-state index contributed by atoms with van der Waals surface area (Å²) in [5, 5.41) is 12.4. The molecule has 2 aromatic heterocycles. The lowest BCUT2D eigenvalue weighted by molar-refractivity contribution is 0.448. The molecule has 0 aliphatic rings. The molecule has 0 radical (unpaired) electrons. The second-order valence-corrected chi connectivity index (χ2v) is 18.6. The number of pyridine rings is 1. The molecule has 0 aliphatic heterocycles. The van der Waals surface area contributed by atoms with Crippen molar-refractivity contribution in [1.82, 2.24) is 14.5 Å². The van der Waals surface area contributed by atoms with Crippen molar-refractivity contribution in [3.05, 3.63) is 228 Å². The van der Waals surface area contributed by atoms with Gasteiger partial charge in [0.25, 0.3) is 0 Å². The van der Waals surface area contributed by atoms with Crippen molar-refractivity contribution in [2.45, 2.75) is 52.9 Å². The van der Waals surface area contributed by atoms with Gasteiger partial charge in [-0.25, -0.2) is 4.98 Å². The molecule has 2 heterocycles. The van der Waals surface area contributed by atoms with Gasteiger partial charge in [0.2, 0.25) is 0 Å². The molecule has 4 nitrogen and oxygen atoms in total. The minimum Gasteiger partial charge on any atom is -0.507 e. The standard InChI is InChI=1S/C62H53N3O/c1-40-33-41(2)35-47(34-40)42(3)48-36-49(38-50(37-48)56-39-46(31-32-63-56)43-19-10-7-11-20-43)51-25-18-30-57-58(51)64-61(54-28-17-29-55(60(54)66)62(4,5)6)65(57)59-52(44-21-12-8-13-22-44)26-16-27-53(59)45-23-14-9-15-24-45/h7-39,42,66H,1-6H3. The number of fused-ring (bicyclic) bond motifs is 1. The number of aromatic hydroxyl groups is 1. The van der Waals surface area contributed by atoms with Gasteiger partial charge in [-0.1, -0.05) is 197 Å². The van der Waals surface area contributed by atoms with Gasteiger partial charge in [0.05, 0.1) is 28.0 Å². The highest BCUT2D eigenvalue weighted by Crippen LogP contribution is 2.46. The molecule has 0 aliphatic carbocycles. The van der Waals surface area contributed by atoms with Gasteiger partial charge in [-0.2, -0.15) is 0 Å². The highest BCUT2D eigenvalue weighted by molar-refractivity contribution is 5.99. The normalized spacial score (nSPS) is 12.1. The molecule has 10 aromatic rings. The van der Waals surface area contributed by atoms with Crippen LogP contribution in [0, 0.1) is 13.8 Å². The van der Waals surface area contributed by atoms with Crippen molar-refractivity contribution >= 4 is 11.0 Å². The Labute approximate surface area is 388 Å². The summed E-state index contributed by atoms with van der Waals surface area (Å²) in [5.41, 5.74) is 19.5. The second-order valence-electron chi connectivity index (χ2n) is 18.6. The van der Waals surface area contributed by atoms with Crippen molar-refractivity contribution in [1.29, 1.82) is 0 Å². The molecule has 0 saturated carbocycles. The number of aryl methyl sites for hydroxylation is 2. The van der Waals surface area contributed by atoms with E-state index in [0.29, 0.717) is 11.4 Å². The lowest BCUT2D eigenvalue weighted by Gasteiger charge is -2.23. The molecule has 0 amide bonds. The fourth-order valence-corrected chi connectivity index (χ4v) is 9.61. The van der Waals surface area contributed by atoms with Crippen LogP contribution in [0.3, 0.4) is 0 Å². The molecule has 10 rings (SSSR count). The summed E-state index contributed by atoms with van der Waals surface area (Å²) in [4.78, 5) is 10.7. The summed E-state index contributed by atoms with van der Waals surface area (Å²) in [7, 11) is 0. The molecule has 1 N–H and O–H groups in total. The third-order valence-electron chi connectivity index (χ3n) is 12.9. The lowest BCUT2D eigenvalue weighted by Crippen LogP contribution is -2.12. The Morgan fingerprint density at radius 3 is 1.67 bits per heavy atom. The van der Waals surface area contributed by atoms with Crippen LogP contribution in [-0.4, -0.2) is 19.6 Å². The largest absolute Gasteiger partial charge is 0.507 e. The number of hydrogen-bond donors (Lipinski definition) is 1. The van der Waals surface area contributed by atoms with Crippen molar-refractivity contribution in [3.8, 4) is 78.6 Å².